The van der Waals surface area contributed by atoms with Gasteiger partial charge in [-0.1, -0.05) is 155 Å². The number of hydrogen-bond donors (Lipinski definition) is 4. The van der Waals surface area contributed by atoms with Crippen LogP contribution in [0.25, 0.3) is 33.1 Å². The number of carbonyl (C=O) groups is 3. The Morgan fingerprint density at radius 3 is 1.15 bits per heavy atom. The minimum absolute atomic E-state index is 0.00720. The molecule has 0 spiro atoms. The van der Waals surface area contributed by atoms with Crippen LogP contribution in [0.5, 0.6) is 0 Å². The molecule has 10 unspecified atom stereocenters. The second-order valence-corrected chi connectivity index (χ2v) is 35.0. The number of carboxylic acids is 2. The maximum atomic E-state index is 13.9. The summed E-state index contributed by atoms with van der Waals surface area (Å²) >= 11 is 0. The van der Waals surface area contributed by atoms with Gasteiger partial charge in [-0.25, -0.2) is 19.7 Å². The highest BCUT2D eigenvalue weighted by Gasteiger charge is 2.50. The predicted octanol–water partition coefficient (Wildman–Crippen LogP) is 14.5. The number of aliphatic hydroxyl groups is 1. The molecule has 0 amide bonds. The molecule has 9 heterocycles. The van der Waals surface area contributed by atoms with E-state index < -0.39 is 23.2 Å². The fourth-order valence-corrected chi connectivity index (χ4v) is 23.7. The first-order valence-corrected chi connectivity index (χ1v) is 43.1. The van der Waals surface area contributed by atoms with E-state index in [1.165, 1.54) is 194 Å². The van der Waals surface area contributed by atoms with Crippen molar-refractivity contribution in [3.63, 3.8) is 0 Å². The van der Waals surface area contributed by atoms with Gasteiger partial charge in [-0.3, -0.25) is 38.7 Å². The number of benzene rings is 3. The van der Waals surface area contributed by atoms with Crippen LogP contribution < -0.4 is 16.7 Å². The molecule has 602 valence electrons. The summed E-state index contributed by atoms with van der Waals surface area (Å²) in [5.74, 6) is 0.845. The van der Waals surface area contributed by atoms with Crippen LogP contribution in [0.2, 0.25) is 0 Å². The van der Waals surface area contributed by atoms with Gasteiger partial charge in [0, 0.05) is 85.8 Å². The van der Waals surface area contributed by atoms with E-state index in [0.717, 1.165) is 91.6 Å². The first-order chi connectivity index (χ1) is 54.6. The second-order valence-electron chi connectivity index (χ2n) is 35.0. The maximum Gasteiger partial charge on any atom is 0.360 e. The van der Waals surface area contributed by atoms with Gasteiger partial charge in [-0.2, -0.15) is 0 Å². The Morgan fingerprint density at radius 2 is 0.768 bits per heavy atom. The Kier molecular flexibility index (Phi) is 25.6. The Labute approximate surface area is 656 Å². The lowest BCUT2D eigenvalue weighted by molar-refractivity contribution is -0.137. The van der Waals surface area contributed by atoms with Crippen LogP contribution in [0.3, 0.4) is 0 Å². The molecule has 24 nitrogen and oxygen atoms in total. The average molecular weight is 1540 g/mol. The van der Waals surface area contributed by atoms with Crippen molar-refractivity contribution in [3.05, 3.63) is 121 Å². The van der Waals surface area contributed by atoms with Crippen LogP contribution in [0.4, 0.5) is 0 Å². The third-order valence-electron chi connectivity index (χ3n) is 28.0. The van der Waals surface area contributed by atoms with Crippen LogP contribution in [0, 0.1) is 23.7 Å². The molecule has 3 aromatic carbocycles. The number of nitrogens with zero attached hydrogens (tertiary/aromatic N) is 12. The number of para-hydroxylation sites is 6. The van der Waals surface area contributed by atoms with E-state index in [2.05, 4.69) is 45.1 Å². The smallest absolute Gasteiger partial charge is 0.360 e. The molecular formula is C88H118N12O12. The molecule has 10 atom stereocenters. The summed E-state index contributed by atoms with van der Waals surface area (Å²) in [6.45, 7) is 0.928. The zero-order valence-electron chi connectivity index (χ0n) is 65.9. The van der Waals surface area contributed by atoms with Gasteiger partial charge < -0.3 is 43.9 Å². The zero-order chi connectivity index (χ0) is 77.5. The minimum atomic E-state index is -1.39. The summed E-state index contributed by atoms with van der Waals surface area (Å²) in [5.41, 5.74) is 2.77. The highest BCUT2D eigenvalue weighted by atomic mass is 16.6. The molecule has 0 radical (unpaired) electrons. The molecule has 6 aromatic rings. The highest BCUT2D eigenvalue weighted by Crippen LogP contribution is 2.51. The molecule has 112 heavy (non-hydrogen) atoms. The lowest BCUT2D eigenvalue weighted by atomic mass is 9.76. The molecule has 17 rings (SSSR count). The monoisotopic (exact) mass is 1530 g/mol. The van der Waals surface area contributed by atoms with E-state index in [1.807, 2.05) is 75.9 Å². The number of aliphatic carboxylic acids is 2. The van der Waals surface area contributed by atoms with E-state index in [9.17, 15) is 39.1 Å². The van der Waals surface area contributed by atoms with E-state index in [-0.39, 0.29) is 89.6 Å². The third-order valence-corrected chi connectivity index (χ3v) is 28.0. The van der Waals surface area contributed by atoms with Crippen LogP contribution in [-0.2, 0) is 24.1 Å². The van der Waals surface area contributed by atoms with Gasteiger partial charge in [-0.05, 0) is 188 Å². The van der Waals surface area contributed by atoms with Crippen molar-refractivity contribution in [1.82, 2.24) is 43.4 Å². The van der Waals surface area contributed by atoms with Crippen LogP contribution in [0.1, 0.15) is 286 Å². The first-order valence-electron chi connectivity index (χ1n) is 43.1. The van der Waals surface area contributed by atoms with E-state index >= 15 is 0 Å². The van der Waals surface area contributed by atoms with Crippen molar-refractivity contribution in [3.8, 4) is 0 Å². The standard InChI is InChI=1S/C30H42N4O4.C29H38N4O5.C29H38N4O3/c35-28(36)18-17-26(32-38)29-30(37)34(27-16-9-8-15-25(27)31-29)24-19-22-13-10-14-23(20-24)33(22)21-11-6-4-2-1-3-5-7-12-21;34-11-12-38-31-27(29(36)37)26-28(35)33(25-8-4-3-7-24(25)30-26)23-16-20-9-10-21(17-23)32(20)22-14-18-5-1-2-6-19(13-18)15-22;1-18(34)27(31-36-2)28-29(35)33(26-10-6-5-9-25(26)30-28)24-16-21-11-12-22(17-24)32(21)23-14-19-7-3-4-8-20(13-19)15-23/h8-9,15-16,21-24,38H,1-7,10-14,17-20H2,(H,35,36);3-4,7-8,18-23,34H,1-2,5-6,9-17H2,(H,36,37);5-6,9-10,19-24H,3-4,7-8,11-17H2,1-2H3/b32-26+;31-27-;31-27+. The number of carboxylic acid groups (broad SMARTS) is 2. The minimum Gasteiger partial charge on any atom is -0.481 e. The zero-order valence-corrected chi connectivity index (χ0v) is 65.9. The van der Waals surface area contributed by atoms with Crippen molar-refractivity contribution in [2.24, 2.45) is 39.1 Å². The molecule has 5 aliphatic carbocycles. The largest absolute Gasteiger partial charge is 0.481 e. The number of piperidine rings is 4. The van der Waals surface area contributed by atoms with Gasteiger partial charge in [0.2, 0.25) is 5.71 Å². The van der Waals surface area contributed by atoms with Gasteiger partial charge >= 0.3 is 11.9 Å². The van der Waals surface area contributed by atoms with Crippen molar-refractivity contribution in [1.29, 1.82) is 0 Å². The van der Waals surface area contributed by atoms with Crippen molar-refractivity contribution >= 4 is 68.0 Å². The number of hydrogen-bond acceptors (Lipinski definition) is 19. The topological polar surface area (TPSA) is 302 Å². The Balaban J connectivity index is 0.000000133. The number of rotatable bonds is 18. The molecule has 3 aromatic heterocycles. The molecule has 11 aliphatic rings. The van der Waals surface area contributed by atoms with E-state index in [1.54, 1.807) is 10.6 Å². The van der Waals surface area contributed by atoms with Crippen molar-refractivity contribution < 1.29 is 44.6 Å². The van der Waals surface area contributed by atoms with Crippen molar-refractivity contribution in [2.75, 3.05) is 20.3 Å². The maximum absolute atomic E-state index is 13.9. The normalized spacial score (nSPS) is 30.3. The first kappa shape index (κ1) is 79.2. The summed E-state index contributed by atoms with van der Waals surface area (Å²) in [7, 11) is 1.39. The number of carbonyl (C=O) groups excluding carboxylic acids is 1. The number of fused-ring (bicyclic) bond motifs is 13. The lowest BCUT2D eigenvalue weighted by Crippen LogP contribution is -2.57. The fraction of sp³-hybridized carbons (Fsp3) is 0.659. The average Bonchev–Trinajstić information content (AvgIpc) is 1.29. The number of aromatic nitrogens is 6. The molecule has 4 N–H and O–H groups in total. The molecule has 11 fully saturated rings. The molecule has 5 saturated carbocycles. The highest BCUT2D eigenvalue weighted by molar-refractivity contribution is 6.44. The Bertz CT molecular complexity index is 4550. The molecule has 6 aliphatic heterocycles. The van der Waals surface area contributed by atoms with E-state index in [4.69, 9.17) is 19.9 Å². The third kappa shape index (κ3) is 17.2. The second kappa shape index (κ2) is 36.2. The van der Waals surface area contributed by atoms with Crippen LogP contribution in [0.15, 0.2) is 103 Å². The SMILES string of the molecule is CO/N=C(\C(C)=O)c1nc2ccccc2n(C2CC3CCC(C2)N3C2CC3CCCCC(C3)C2)c1=O.O=C(O)/C(=N\OCCO)c1nc2ccccc2n(C2CC3CCC(C2)N3C2CC3CCCCC(C3)C2)c1=O.O=C(O)CC/C(=N\O)c1nc2ccccc2n(C2CC3CCCC(C2)N3C2CCCCCCCCC2)c1=O. The predicted molar refractivity (Wildman–Crippen MR) is 432 cm³/mol. The summed E-state index contributed by atoms with van der Waals surface area (Å²) in [6.07, 6.45) is 45.2. The van der Waals surface area contributed by atoms with Gasteiger partial charge in [-0.15, -0.1) is 0 Å². The summed E-state index contributed by atoms with van der Waals surface area (Å²) in [6, 6.07) is 27.9. The molecule has 10 bridgehead atoms. The Morgan fingerprint density at radius 1 is 0.411 bits per heavy atom. The lowest BCUT2D eigenvalue weighted by Gasteiger charge is -2.53. The van der Waals surface area contributed by atoms with Gasteiger partial charge in [0.1, 0.15) is 19.4 Å². The fourth-order valence-electron chi connectivity index (χ4n) is 23.7. The van der Waals surface area contributed by atoms with Crippen LogP contribution in [-0.4, -0.2) is 173 Å². The van der Waals surface area contributed by atoms with Crippen LogP contribution >= 0.6 is 0 Å². The van der Waals surface area contributed by atoms with Gasteiger partial charge in [0.25, 0.3) is 16.7 Å². The number of aliphatic hydroxyl groups excluding tert-OH is 1. The summed E-state index contributed by atoms with van der Waals surface area (Å²) in [4.78, 5) is 109. The number of Topliss-reactive ketones (excluding diaryl/α,β-unsaturated/α-hetero) is 1. The Hall–Kier alpha value is -8.06. The molecule has 24 heteroatoms. The summed E-state index contributed by atoms with van der Waals surface area (Å²) < 4.78 is 5.60. The number of oxime groups is 3. The summed E-state index contributed by atoms with van der Waals surface area (Å²) in [5, 5.41) is 48.5. The van der Waals surface area contributed by atoms with E-state index in [0.29, 0.717) is 70.9 Å². The quantitative estimate of drug-likeness (QED) is 0.0269. The molecule has 6 saturated heterocycles. The number of ketones is 1. The molecular weight excluding hydrogens is 1420 g/mol. The van der Waals surface area contributed by atoms with Crippen molar-refractivity contribution in [2.45, 2.75) is 323 Å². The van der Waals surface area contributed by atoms with Gasteiger partial charge in [0.15, 0.2) is 28.6 Å². The van der Waals surface area contributed by atoms with Gasteiger partial charge in [0.05, 0.1) is 46.1 Å².